The molecule has 0 aromatic carbocycles. The molecule has 0 heterocycles. The van der Waals surface area contributed by atoms with E-state index in [1.54, 1.807) is 0 Å². The lowest BCUT2D eigenvalue weighted by molar-refractivity contribution is -0.167. The Morgan fingerprint density at radius 3 is 0.747 bits per heavy atom. The maximum absolute atomic E-state index is 13.0. The number of hydrogen-bond donors (Lipinski definition) is 0. The molecule has 0 aromatic rings. The van der Waals surface area contributed by atoms with Crippen LogP contribution in [0.5, 0.6) is 0 Å². The van der Waals surface area contributed by atoms with Crippen LogP contribution in [0, 0.1) is 0 Å². The first kappa shape index (κ1) is 78.3. The van der Waals surface area contributed by atoms with Gasteiger partial charge >= 0.3 is 17.9 Å². The quantitative estimate of drug-likeness (QED) is 0.0261. The highest BCUT2D eigenvalue weighted by Gasteiger charge is 2.19. The van der Waals surface area contributed by atoms with Crippen molar-refractivity contribution in [1.29, 1.82) is 0 Å². The third-order valence-electron chi connectivity index (χ3n) is 14.3. The van der Waals surface area contributed by atoms with E-state index in [4.69, 9.17) is 14.2 Å². The van der Waals surface area contributed by atoms with Gasteiger partial charge in [0.1, 0.15) is 13.2 Å². The van der Waals surface area contributed by atoms with Crippen LogP contribution < -0.4 is 0 Å². The van der Waals surface area contributed by atoms with Crippen molar-refractivity contribution in [3.63, 3.8) is 0 Å². The normalized spacial score (nSPS) is 13.0. The number of allylic oxidation sites excluding steroid dienone is 24. The molecule has 0 aliphatic heterocycles. The molecule has 0 radical (unpaired) electrons. The van der Waals surface area contributed by atoms with Crippen LogP contribution in [0.2, 0.25) is 0 Å². The first-order valence-electron chi connectivity index (χ1n) is 34.3. The molecule has 0 fully saturated rings. The van der Waals surface area contributed by atoms with Crippen molar-refractivity contribution in [2.45, 2.75) is 309 Å². The van der Waals surface area contributed by atoms with Gasteiger partial charge in [0, 0.05) is 19.3 Å². The Labute approximate surface area is 512 Å². The highest BCUT2D eigenvalue weighted by molar-refractivity contribution is 5.71. The Morgan fingerprint density at radius 2 is 0.470 bits per heavy atom. The average molecular weight is 1150 g/mol. The van der Waals surface area contributed by atoms with Gasteiger partial charge in [-0.2, -0.15) is 0 Å². The zero-order valence-electron chi connectivity index (χ0n) is 53.9. The largest absolute Gasteiger partial charge is 0.462 e. The second-order valence-corrected chi connectivity index (χ2v) is 22.3. The Kier molecular flexibility index (Phi) is 65.8. The fourth-order valence-electron chi connectivity index (χ4n) is 9.23. The summed E-state index contributed by atoms with van der Waals surface area (Å²) in [4.78, 5) is 38.4. The average Bonchev–Trinajstić information content (AvgIpc) is 3.49. The van der Waals surface area contributed by atoms with Gasteiger partial charge in [0.25, 0.3) is 0 Å². The van der Waals surface area contributed by atoms with Gasteiger partial charge in [0.2, 0.25) is 0 Å². The molecule has 0 bridgehead atoms. The van der Waals surface area contributed by atoms with Crippen molar-refractivity contribution in [2.24, 2.45) is 0 Å². The van der Waals surface area contributed by atoms with Gasteiger partial charge in [-0.15, -0.1) is 0 Å². The summed E-state index contributed by atoms with van der Waals surface area (Å²) >= 11 is 0. The number of esters is 3. The highest BCUT2D eigenvalue weighted by Crippen LogP contribution is 2.16. The van der Waals surface area contributed by atoms with Gasteiger partial charge in [-0.05, 0) is 141 Å². The standard InChI is InChI=1S/C77H126O6/c1-4-7-10-13-16-19-22-25-27-29-31-33-35-37-38-40-41-43-45-47-49-52-55-58-61-64-67-70-76(79)82-73-74(72-81-75(78)69-66-63-60-57-54-51-24-21-18-15-12-9-6-3)83-77(80)71-68-65-62-59-56-53-50-48-46-44-42-39-36-34-32-30-28-26-23-20-17-14-11-8-5-2/h7,9-10,12,16,18-19,21,23,25-27,30-33,37-38,41,43,47,49,51,54,74H,4-6,8,11,13-15,17,20,22,24,28-29,34-36,39-40,42,44-46,48,50,52-53,55-73H2,1-3H3/b10-7-,12-9-,19-16-,21-18-,26-23-,27-25-,32-30-,33-31-,38-37-,43-41-,49-47-,54-51-. The molecule has 0 spiro atoms. The van der Waals surface area contributed by atoms with Crippen LogP contribution in [-0.2, 0) is 28.6 Å². The first-order valence-corrected chi connectivity index (χ1v) is 34.3. The molecule has 0 saturated heterocycles. The lowest BCUT2D eigenvalue weighted by Crippen LogP contribution is -2.30. The molecule has 83 heavy (non-hydrogen) atoms. The fraction of sp³-hybridized carbons (Fsp3) is 0.649. The Morgan fingerprint density at radius 1 is 0.253 bits per heavy atom. The minimum atomic E-state index is -0.807. The van der Waals surface area contributed by atoms with Gasteiger partial charge in [-0.1, -0.05) is 289 Å². The molecule has 0 aliphatic rings. The van der Waals surface area contributed by atoms with Crippen LogP contribution in [0.4, 0.5) is 0 Å². The van der Waals surface area contributed by atoms with Crippen LogP contribution in [0.1, 0.15) is 303 Å². The van der Waals surface area contributed by atoms with E-state index < -0.39 is 6.10 Å². The van der Waals surface area contributed by atoms with Crippen LogP contribution in [0.15, 0.2) is 146 Å². The molecule has 470 valence electrons. The zero-order valence-corrected chi connectivity index (χ0v) is 53.9. The van der Waals surface area contributed by atoms with Gasteiger partial charge in [0.15, 0.2) is 6.10 Å². The summed E-state index contributed by atoms with van der Waals surface area (Å²) in [6.07, 6.45) is 100. The van der Waals surface area contributed by atoms with Crippen LogP contribution >= 0.6 is 0 Å². The molecule has 1 unspecified atom stereocenters. The molecule has 0 saturated carbocycles. The van der Waals surface area contributed by atoms with Crippen molar-refractivity contribution < 1.29 is 28.6 Å². The van der Waals surface area contributed by atoms with Gasteiger partial charge < -0.3 is 14.2 Å². The van der Waals surface area contributed by atoms with E-state index in [9.17, 15) is 14.4 Å². The van der Waals surface area contributed by atoms with Crippen molar-refractivity contribution in [3.05, 3.63) is 146 Å². The Balaban J connectivity index is 4.38. The molecule has 0 rings (SSSR count). The lowest BCUT2D eigenvalue weighted by atomic mass is 10.0. The fourth-order valence-corrected chi connectivity index (χ4v) is 9.23. The number of carbonyl (C=O) groups is 3. The number of hydrogen-bond acceptors (Lipinski definition) is 6. The third kappa shape index (κ3) is 68.0. The Hall–Kier alpha value is -4.71. The smallest absolute Gasteiger partial charge is 0.306 e. The summed E-state index contributed by atoms with van der Waals surface area (Å²) < 4.78 is 16.9. The monoisotopic (exact) mass is 1150 g/mol. The molecular weight excluding hydrogens is 1020 g/mol. The second-order valence-electron chi connectivity index (χ2n) is 22.3. The molecule has 0 aliphatic carbocycles. The lowest BCUT2D eigenvalue weighted by Gasteiger charge is -2.18. The molecule has 0 N–H and O–H groups in total. The van der Waals surface area contributed by atoms with Gasteiger partial charge in [-0.3, -0.25) is 14.4 Å². The minimum absolute atomic E-state index is 0.102. The van der Waals surface area contributed by atoms with Gasteiger partial charge in [0.05, 0.1) is 0 Å². The van der Waals surface area contributed by atoms with Crippen molar-refractivity contribution >= 4 is 17.9 Å². The van der Waals surface area contributed by atoms with Crippen LogP contribution in [0.25, 0.3) is 0 Å². The highest BCUT2D eigenvalue weighted by atomic mass is 16.6. The number of carbonyl (C=O) groups excluding carboxylic acids is 3. The van der Waals surface area contributed by atoms with E-state index in [1.165, 1.54) is 109 Å². The van der Waals surface area contributed by atoms with Crippen LogP contribution in [-0.4, -0.2) is 37.2 Å². The molecule has 1 atom stereocenters. The number of rotatable bonds is 61. The van der Waals surface area contributed by atoms with E-state index in [1.807, 2.05) is 0 Å². The molecule has 6 heteroatoms. The summed E-state index contributed by atoms with van der Waals surface area (Å²) in [5, 5.41) is 0. The van der Waals surface area contributed by atoms with E-state index in [0.717, 1.165) is 154 Å². The molecule has 0 aromatic heterocycles. The minimum Gasteiger partial charge on any atom is -0.462 e. The van der Waals surface area contributed by atoms with E-state index in [0.29, 0.717) is 19.3 Å². The summed E-state index contributed by atoms with van der Waals surface area (Å²) in [6, 6.07) is 0. The van der Waals surface area contributed by atoms with E-state index >= 15 is 0 Å². The van der Waals surface area contributed by atoms with Crippen molar-refractivity contribution in [2.75, 3.05) is 13.2 Å². The predicted octanol–water partition coefficient (Wildman–Crippen LogP) is 23.9. The maximum Gasteiger partial charge on any atom is 0.306 e. The SMILES string of the molecule is CC/C=C\C/C=C\C/C=C\C/C=C\C/C=C\C/C=C\C/C=C\CCCCCCCC(=O)OCC(COC(=O)CCCCC/C=C\C/C=C\C/C=C\CC)OC(=O)CCCCCCCCCCCCCCC/C=C\C/C=C\CCCCCCC. The zero-order chi connectivity index (χ0) is 59.9. The topological polar surface area (TPSA) is 78.9 Å². The molecular formula is C77H126O6. The van der Waals surface area contributed by atoms with Crippen LogP contribution in [0.3, 0.4) is 0 Å². The van der Waals surface area contributed by atoms with E-state index in [2.05, 4.69) is 167 Å². The van der Waals surface area contributed by atoms with E-state index in [-0.39, 0.29) is 31.1 Å². The maximum atomic E-state index is 13.0. The summed E-state index contributed by atoms with van der Waals surface area (Å²) in [5.74, 6) is -0.946. The molecule has 6 nitrogen and oxygen atoms in total. The van der Waals surface area contributed by atoms with Gasteiger partial charge in [-0.25, -0.2) is 0 Å². The third-order valence-corrected chi connectivity index (χ3v) is 14.3. The molecule has 0 amide bonds. The Bertz CT molecular complexity index is 1800. The summed E-state index contributed by atoms with van der Waals surface area (Å²) in [5.41, 5.74) is 0. The summed E-state index contributed by atoms with van der Waals surface area (Å²) in [7, 11) is 0. The summed E-state index contributed by atoms with van der Waals surface area (Å²) in [6.45, 7) is 6.37. The number of unbranched alkanes of at least 4 members (excludes halogenated alkanes) is 26. The number of ether oxygens (including phenoxy) is 3. The first-order chi connectivity index (χ1) is 41.0. The van der Waals surface area contributed by atoms with Crippen molar-refractivity contribution in [1.82, 2.24) is 0 Å². The van der Waals surface area contributed by atoms with Crippen molar-refractivity contribution in [3.8, 4) is 0 Å². The second kappa shape index (κ2) is 69.8. The predicted molar refractivity (Wildman–Crippen MR) is 362 cm³/mol.